The first kappa shape index (κ1) is 9.83. The molecule has 0 aliphatic carbocycles. The zero-order chi connectivity index (χ0) is 10.8. The number of benzene rings is 1. The van der Waals surface area contributed by atoms with Crippen molar-refractivity contribution in [3.63, 3.8) is 0 Å². The van der Waals surface area contributed by atoms with Crippen molar-refractivity contribution in [1.29, 1.82) is 0 Å². The molecule has 0 unspecified atom stereocenters. The van der Waals surface area contributed by atoms with Crippen LogP contribution in [-0.4, -0.2) is 24.3 Å². The second-order valence-electron chi connectivity index (χ2n) is 3.27. The highest BCUT2D eigenvalue weighted by atomic mass is 16.6. The van der Waals surface area contributed by atoms with E-state index < -0.39 is 5.97 Å². The Balaban J connectivity index is 2.56. The molecule has 1 N–H and O–H groups in total. The summed E-state index contributed by atoms with van der Waals surface area (Å²) in [5.74, 6) is 0.301. The van der Waals surface area contributed by atoms with Gasteiger partial charge in [-0.2, -0.15) is 0 Å². The normalized spacial score (nSPS) is 13.7. The summed E-state index contributed by atoms with van der Waals surface area (Å²) >= 11 is 0. The summed E-state index contributed by atoms with van der Waals surface area (Å²) in [5.41, 5.74) is 1.00. The van der Waals surface area contributed by atoms with Crippen molar-refractivity contribution in [2.24, 2.45) is 0 Å². The van der Waals surface area contributed by atoms with Crippen molar-refractivity contribution < 1.29 is 19.4 Å². The first-order valence-electron chi connectivity index (χ1n) is 4.88. The molecule has 15 heavy (non-hydrogen) atoms. The van der Waals surface area contributed by atoms with Gasteiger partial charge in [-0.05, 0) is 18.6 Å². The van der Waals surface area contributed by atoms with Crippen molar-refractivity contribution in [3.8, 4) is 11.5 Å². The number of carboxylic acid groups (broad SMARTS) is 1. The van der Waals surface area contributed by atoms with Gasteiger partial charge in [-0.25, -0.2) is 4.79 Å². The van der Waals surface area contributed by atoms with Gasteiger partial charge < -0.3 is 14.6 Å². The van der Waals surface area contributed by atoms with E-state index in [1.54, 1.807) is 12.1 Å². The fraction of sp³-hybridized carbons (Fsp3) is 0.364. The van der Waals surface area contributed by atoms with Gasteiger partial charge >= 0.3 is 5.97 Å². The third-order valence-electron chi connectivity index (χ3n) is 2.40. The molecule has 1 aromatic rings. The number of hydrogen-bond acceptors (Lipinski definition) is 3. The zero-order valence-corrected chi connectivity index (χ0v) is 8.45. The molecule has 1 aliphatic heterocycles. The van der Waals surface area contributed by atoms with E-state index in [1.807, 2.05) is 6.92 Å². The topological polar surface area (TPSA) is 55.8 Å². The van der Waals surface area contributed by atoms with Crippen molar-refractivity contribution >= 4 is 5.97 Å². The summed E-state index contributed by atoms with van der Waals surface area (Å²) in [5, 5.41) is 9.00. The molecule has 0 amide bonds. The molecule has 0 saturated carbocycles. The molecule has 1 heterocycles. The van der Waals surface area contributed by atoms with E-state index in [0.29, 0.717) is 42.3 Å². The van der Waals surface area contributed by atoms with E-state index >= 15 is 0 Å². The molecule has 0 saturated heterocycles. The van der Waals surface area contributed by atoms with Gasteiger partial charge in [0.25, 0.3) is 0 Å². The van der Waals surface area contributed by atoms with Gasteiger partial charge in [-0.15, -0.1) is 0 Å². The van der Waals surface area contributed by atoms with Crippen LogP contribution in [0.1, 0.15) is 22.8 Å². The van der Waals surface area contributed by atoms with Gasteiger partial charge in [0.1, 0.15) is 13.2 Å². The quantitative estimate of drug-likeness (QED) is 0.803. The molecular weight excluding hydrogens is 196 g/mol. The van der Waals surface area contributed by atoms with Gasteiger partial charge in [-0.3, -0.25) is 0 Å². The van der Waals surface area contributed by atoms with Crippen LogP contribution < -0.4 is 9.47 Å². The Morgan fingerprint density at radius 1 is 1.40 bits per heavy atom. The predicted molar refractivity (Wildman–Crippen MR) is 53.8 cm³/mol. The molecule has 1 aromatic carbocycles. The lowest BCUT2D eigenvalue weighted by Crippen LogP contribution is -2.18. The van der Waals surface area contributed by atoms with Crippen LogP contribution in [0.15, 0.2) is 12.1 Å². The summed E-state index contributed by atoms with van der Waals surface area (Å²) in [4.78, 5) is 11.0. The van der Waals surface area contributed by atoms with Gasteiger partial charge in [0.05, 0.1) is 5.56 Å². The Bertz CT molecular complexity index is 398. The average molecular weight is 208 g/mol. The van der Waals surface area contributed by atoms with Crippen LogP contribution in [0, 0.1) is 0 Å². The molecular formula is C11H12O4. The third kappa shape index (κ3) is 1.63. The van der Waals surface area contributed by atoms with Crippen LogP contribution in [0.25, 0.3) is 0 Å². The molecule has 1 aliphatic rings. The van der Waals surface area contributed by atoms with Crippen molar-refractivity contribution in [2.75, 3.05) is 13.2 Å². The van der Waals surface area contributed by atoms with Crippen LogP contribution in [0.3, 0.4) is 0 Å². The van der Waals surface area contributed by atoms with E-state index in [1.165, 1.54) is 0 Å². The number of aromatic carboxylic acids is 1. The monoisotopic (exact) mass is 208 g/mol. The zero-order valence-electron chi connectivity index (χ0n) is 8.45. The second kappa shape index (κ2) is 3.81. The number of carboxylic acids is 1. The lowest BCUT2D eigenvalue weighted by Gasteiger charge is -2.21. The van der Waals surface area contributed by atoms with Crippen molar-refractivity contribution in [2.45, 2.75) is 13.3 Å². The predicted octanol–water partition coefficient (Wildman–Crippen LogP) is 1.72. The summed E-state index contributed by atoms with van der Waals surface area (Å²) < 4.78 is 10.8. The van der Waals surface area contributed by atoms with Crippen molar-refractivity contribution in [3.05, 3.63) is 23.3 Å². The Kier molecular flexibility index (Phi) is 2.49. The lowest BCUT2D eigenvalue weighted by atomic mass is 10.0. The first-order valence-corrected chi connectivity index (χ1v) is 4.88. The van der Waals surface area contributed by atoms with Crippen LogP contribution in [0.4, 0.5) is 0 Å². The van der Waals surface area contributed by atoms with Gasteiger partial charge in [0.15, 0.2) is 11.5 Å². The van der Waals surface area contributed by atoms with Crippen LogP contribution >= 0.6 is 0 Å². The number of ether oxygens (including phenoxy) is 2. The highest BCUT2D eigenvalue weighted by Crippen LogP contribution is 2.36. The van der Waals surface area contributed by atoms with Crippen molar-refractivity contribution in [1.82, 2.24) is 0 Å². The maximum absolute atomic E-state index is 11.0. The molecule has 0 radical (unpaired) electrons. The molecule has 4 heteroatoms. The Hall–Kier alpha value is -1.71. The maximum Gasteiger partial charge on any atom is 0.336 e. The molecule has 2 rings (SSSR count). The minimum Gasteiger partial charge on any atom is -0.486 e. The Morgan fingerprint density at radius 3 is 2.80 bits per heavy atom. The first-order chi connectivity index (χ1) is 7.24. The molecule has 0 bridgehead atoms. The van der Waals surface area contributed by atoms with E-state index in [2.05, 4.69) is 0 Å². The molecule has 80 valence electrons. The van der Waals surface area contributed by atoms with E-state index in [0.717, 1.165) is 0 Å². The SMILES string of the molecule is CCc1c(C(=O)O)ccc2c1OCCO2. The highest BCUT2D eigenvalue weighted by Gasteiger charge is 2.20. The minimum atomic E-state index is -0.927. The Labute approximate surface area is 87.4 Å². The standard InChI is InChI=1S/C11H12O4/c1-2-7-8(11(12)13)3-4-9-10(7)15-6-5-14-9/h3-4H,2,5-6H2,1H3,(H,12,13). The molecule has 0 spiro atoms. The maximum atomic E-state index is 11.0. The van der Waals surface area contributed by atoms with Gasteiger partial charge in [0.2, 0.25) is 0 Å². The molecule has 0 fully saturated rings. The van der Waals surface area contributed by atoms with Gasteiger partial charge in [0, 0.05) is 5.56 Å². The fourth-order valence-electron chi connectivity index (χ4n) is 1.72. The third-order valence-corrected chi connectivity index (χ3v) is 2.40. The van der Waals surface area contributed by atoms with Crippen LogP contribution in [0.2, 0.25) is 0 Å². The number of rotatable bonds is 2. The van der Waals surface area contributed by atoms with E-state index in [-0.39, 0.29) is 0 Å². The Morgan fingerprint density at radius 2 is 2.13 bits per heavy atom. The number of hydrogen-bond donors (Lipinski definition) is 1. The molecule has 4 nitrogen and oxygen atoms in total. The van der Waals surface area contributed by atoms with Gasteiger partial charge in [-0.1, -0.05) is 6.92 Å². The largest absolute Gasteiger partial charge is 0.486 e. The van der Waals surface area contributed by atoms with Crippen LogP contribution in [-0.2, 0) is 6.42 Å². The van der Waals surface area contributed by atoms with E-state index in [9.17, 15) is 4.79 Å². The smallest absolute Gasteiger partial charge is 0.336 e. The summed E-state index contributed by atoms with van der Waals surface area (Å²) in [6.45, 7) is 2.89. The number of carbonyl (C=O) groups is 1. The number of fused-ring (bicyclic) bond motifs is 1. The summed E-state index contributed by atoms with van der Waals surface area (Å²) in [7, 11) is 0. The molecule has 0 aromatic heterocycles. The average Bonchev–Trinajstić information content (AvgIpc) is 2.27. The lowest BCUT2D eigenvalue weighted by molar-refractivity contribution is 0.0694. The summed E-state index contributed by atoms with van der Waals surface area (Å²) in [6, 6.07) is 3.21. The fourth-order valence-corrected chi connectivity index (χ4v) is 1.72. The minimum absolute atomic E-state index is 0.293. The second-order valence-corrected chi connectivity index (χ2v) is 3.27. The van der Waals surface area contributed by atoms with Crippen LogP contribution in [0.5, 0.6) is 11.5 Å². The molecule has 0 atom stereocenters. The summed E-state index contributed by atoms with van der Waals surface area (Å²) in [6.07, 6.45) is 0.619. The van der Waals surface area contributed by atoms with E-state index in [4.69, 9.17) is 14.6 Å². The highest BCUT2D eigenvalue weighted by molar-refractivity contribution is 5.90.